The van der Waals surface area contributed by atoms with E-state index in [1.807, 2.05) is 12.3 Å². The first-order valence-electron chi connectivity index (χ1n) is 4.79. The summed E-state index contributed by atoms with van der Waals surface area (Å²) in [5, 5.41) is 0. The van der Waals surface area contributed by atoms with Gasteiger partial charge in [-0.3, -0.25) is 9.78 Å². The Morgan fingerprint density at radius 2 is 2.33 bits per heavy atom. The van der Waals surface area contributed by atoms with E-state index in [4.69, 9.17) is 5.73 Å². The quantitative estimate of drug-likeness (QED) is 0.896. The number of carbonyl (C=O) groups is 1. The van der Waals surface area contributed by atoms with Crippen LogP contribution >= 0.6 is 15.9 Å². The van der Waals surface area contributed by atoms with Gasteiger partial charge < -0.3 is 10.6 Å². The van der Waals surface area contributed by atoms with Crippen molar-refractivity contribution in [3.05, 3.63) is 22.9 Å². The maximum Gasteiger partial charge on any atom is 0.217 e. The number of hydrogen-bond donors (Lipinski definition) is 1. The van der Waals surface area contributed by atoms with Gasteiger partial charge in [0.2, 0.25) is 5.91 Å². The molecule has 0 spiro atoms. The molecule has 4 nitrogen and oxygen atoms in total. The number of anilines is 1. The van der Waals surface area contributed by atoms with E-state index in [2.05, 4.69) is 25.8 Å². The number of aromatic nitrogens is 1. The van der Waals surface area contributed by atoms with Crippen LogP contribution in [-0.4, -0.2) is 24.0 Å². The number of nitrogens with zero attached hydrogens (tertiary/aromatic N) is 2. The number of halogens is 1. The lowest BCUT2D eigenvalue weighted by molar-refractivity contribution is -0.119. The molecule has 1 aliphatic heterocycles. The lowest BCUT2D eigenvalue weighted by Gasteiger charge is -2.40. The summed E-state index contributed by atoms with van der Waals surface area (Å²) < 4.78 is 0.971. The van der Waals surface area contributed by atoms with E-state index in [0.717, 1.165) is 23.2 Å². The van der Waals surface area contributed by atoms with Gasteiger partial charge in [0.1, 0.15) is 0 Å². The van der Waals surface area contributed by atoms with Crippen LogP contribution in [0.2, 0.25) is 0 Å². The van der Waals surface area contributed by atoms with E-state index in [0.29, 0.717) is 12.3 Å². The molecule has 1 fully saturated rings. The van der Waals surface area contributed by atoms with Crippen molar-refractivity contribution in [1.82, 2.24) is 4.98 Å². The second kappa shape index (κ2) is 4.18. The third-order valence-electron chi connectivity index (χ3n) is 2.50. The van der Waals surface area contributed by atoms with Crippen LogP contribution in [0.1, 0.15) is 6.42 Å². The van der Waals surface area contributed by atoms with Crippen LogP contribution in [0.25, 0.3) is 0 Å². The fourth-order valence-electron chi connectivity index (χ4n) is 1.77. The van der Waals surface area contributed by atoms with Gasteiger partial charge in [-0.2, -0.15) is 0 Å². The van der Waals surface area contributed by atoms with Gasteiger partial charge in [0, 0.05) is 36.1 Å². The molecule has 0 aromatic carbocycles. The van der Waals surface area contributed by atoms with Gasteiger partial charge in [-0.15, -0.1) is 0 Å². The molecule has 0 saturated carbocycles. The van der Waals surface area contributed by atoms with Crippen molar-refractivity contribution in [3.63, 3.8) is 0 Å². The fraction of sp³-hybridized carbons (Fsp3) is 0.400. The molecule has 0 bridgehead atoms. The Morgan fingerprint density at radius 3 is 2.93 bits per heavy atom. The first kappa shape index (κ1) is 10.4. The Labute approximate surface area is 96.6 Å². The Morgan fingerprint density at radius 1 is 1.60 bits per heavy atom. The summed E-state index contributed by atoms with van der Waals surface area (Å²) in [5.74, 6) is 0.188. The van der Waals surface area contributed by atoms with Crippen molar-refractivity contribution in [2.45, 2.75) is 6.42 Å². The maximum atomic E-state index is 10.7. The lowest BCUT2D eigenvalue weighted by Crippen LogP contribution is -2.48. The molecule has 2 rings (SSSR count). The van der Waals surface area contributed by atoms with Gasteiger partial charge in [0.05, 0.1) is 11.9 Å². The number of hydrogen-bond acceptors (Lipinski definition) is 3. The van der Waals surface area contributed by atoms with Crippen molar-refractivity contribution >= 4 is 27.5 Å². The fourth-order valence-corrected chi connectivity index (χ4v) is 2.12. The van der Waals surface area contributed by atoms with E-state index in [-0.39, 0.29) is 5.91 Å². The molecule has 1 amide bonds. The molecule has 1 aliphatic rings. The van der Waals surface area contributed by atoms with Crippen molar-refractivity contribution in [3.8, 4) is 0 Å². The zero-order valence-corrected chi connectivity index (χ0v) is 9.77. The minimum atomic E-state index is -0.216. The summed E-state index contributed by atoms with van der Waals surface area (Å²) in [6, 6.07) is 2.02. The van der Waals surface area contributed by atoms with Crippen LogP contribution < -0.4 is 10.6 Å². The smallest absolute Gasteiger partial charge is 0.217 e. The predicted octanol–water partition coefficient (Wildman–Crippen LogP) is 1.16. The van der Waals surface area contributed by atoms with Crippen LogP contribution in [0.3, 0.4) is 0 Å². The van der Waals surface area contributed by atoms with Crippen LogP contribution in [0, 0.1) is 5.92 Å². The Hall–Kier alpha value is -1.10. The van der Waals surface area contributed by atoms with Gasteiger partial charge in [-0.05, 0) is 22.0 Å². The SMILES string of the molecule is NC(=O)CC1CN(c2cncc(Br)c2)C1. The van der Waals surface area contributed by atoms with Gasteiger partial charge in [-0.25, -0.2) is 0 Å². The normalized spacial score (nSPS) is 16.2. The van der Waals surface area contributed by atoms with Gasteiger partial charge >= 0.3 is 0 Å². The second-order valence-electron chi connectivity index (χ2n) is 3.80. The zero-order valence-electron chi connectivity index (χ0n) is 8.19. The highest BCUT2D eigenvalue weighted by atomic mass is 79.9. The van der Waals surface area contributed by atoms with Crippen molar-refractivity contribution in [2.75, 3.05) is 18.0 Å². The zero-order chi connectivity index (χ0) is 10.8. The molecule has 15 heavy (non-hydrogen) atoms. The first-order chi connectivity index (χ1) is 7.15. The number of rotatable bonds is 3. The van der Waals surface area contributed by atoms with Crippen LogP contribution in [0.5, 0.6) is 0 Å². The Bertz CT molecular complexity index is 377. The molecule has 1 aromatic rings. The molecule has 0 aliphatic carbocycles. The highest BCUT2D eigenvalue weighted by Crippen LogP contribution is 2.27. The summed E-state index contributed by atoms with van der Waals surface area (Å²) in [6.07, 6.45) is 4.06. The molecule has 5 heteroatoms. The largest absolute Gasteiger partial charge is 0.370 e. The highest BCUT2D eigenvalue weighted by molar-refractivity contribution is 9.10. The van der Waals surface area contributed by atoms with Crippen molar-refractivity contribution < 1.29 is 4.79 Å². The monoisotopic (exact) mass is 269 g/mol. The van der Waals surface area contributed by atoms with Crippen LogP contribution in [0.4, 0.5) is 5.69 Å². The van der Waals surface area contributed by atoms with Gasteiger partial charge in [0.25, 0.3) is 0 Å². The molecular formula is C10H12BrN3O. The average molecular weight is 270 g/mol. The molecule has 2 N–H and O–H groups in total. The lowest BCUT2D eigenvalue weighted by atomic mass is 9.95. The number of pyridine rings is 1. The molecule has 80 valence electrons. The molecule has 1 aromatic heterocycles. The maximum absolute atomic E-state index is 10.7. The topological polar surface area (TPSA) is 59.2 Å². The minimum absolute atomic E-state index is 0.216. The minimum Gasteiger partial charge on any atom is -0.370 e. The second-order valence-corrected chi connectivity index (χ2v) is 4.72. The molecule has 0 unspecified atom stereocenters. The standard InChI is InChI=1S/C10H12BrN3O/c11-8-2-9(4-13-3-8)14-5-7(6-14)1-10(12)15/h2-4,7H,1,5-6H2,(H2,12,15). The molecule has 2 heterocycles. The molecule has 0 atom stereocenters. The number of primary amides is 1. The number of nitrogens with two attached hydrogens (primary N) is 1. The van der Waals surface area contributed by atoms with Crippen LogP contribution in [0.15, 0.2) is 22.9 Å². The summed E-state index contributed by atoms with van der Waals surface area (Å²) in [6.45, 7) is 1.78. The first-order valence-corrected chi connectivity index (χ1v) is 5.58. The van der Waals surface area contributed by atoms with E-state index >= 15 is 0 Å². The molecular weight excluding hydrogens is 258 g/mol. The van der Waals surface area contributed by atoms with Gasteiger partial charge in [0.15, 0.2) is 0 Å². The average Bonchev–Trinajstić information content (AvgIpc) is 2.10. The Balaban J connectivity index is 1.92. The summed E-state index contributed by atoms with van der Waals surface area (Å²) in [5.41, 5.74) is 6.22. The van der Waals surface area contributed by atoms with Crippen molar-refractivity contribution in [1.29, 1.82) is 0 Å². The Kier molecular flexibility index (Phi) is 2.90. The molecule has 0 radical (unpaired) electrons. The van der Waals surface area contributed by atoms with E-state index < -0.39 is 0 Å². The number of carbonyl (C=O) groups excluding carboxylic acids is 1. The summed E-state index contributed by atoms with van der Waals surface area (Å²) in [4.78, 5) is 17.0. The van der Waals surface area contributed by atoms with E-state index in [1.54, 1.807) is 6.20 Å². The number of amides is 1. The van der Waals surface area contributed by atoms with E-state index in [1.165, 1.54) is 0 Å². The van der Waals surface area contributed by atoms with Crippen LogP contribution in [-0.2, 0) is 4.79 Å². The highest BCUT2D eigenvalue weighted by Gasteiger charge is 2.28. The summed E-state index contributed by atoms with van der Waals surface area (Å²) >= 11 is 3.38. The third-order valence-corrected chi connectivity index (χ3v) is 2.94. The third kappa shape index (κ3) is 2.47. The molecule has 1 saturated heterocycles. The predicted molar refractivity (Wildman–Crippen MR) is 61.5 cm³/mol. The van der Waals surface area contributed by atoms with E-state index in [9.17, 15) is 4.79 Å². The van der Waals surface area contributed by atoms with Gasteiger partial charge in [-0.1, -0.05) is 0 Å². The van der Waals surface area contributed by atoms with Crippen molar-refractivity contribution in [2.24, 2.45) is 11.7 Å². The summed E-state index contributed by atoms with van der Waals surface area (Å²) in [7, 11) is 0.